The number of hydrogen-bond donors (Lipinski definition) is 2. The summed E-state index contributed by atoms with van der Waals surface area (Å²) in [5.74, 6) is -0.0517. The Balaban J connectivity index is 1.98. The number of carboxylic acid groups (broad SMARTS) is 1. The van der Waals surface area contributed by atoms with Crippen molar-refractivity contribution in [2.24, 2.45) is 0 Å². The molecule has 27 heavy (non-hydrogen) atoms. The number of carbonyl (C=O) groups is 1. The van der Waals surface area contributed by atoms with Crippen molar-refractivity contribution in [3.05, 3.63) is 69.3 Å². The Morgan fingerprint density at radius 1 is 1.22 bits per heavy atom. The van der Waals surface area contributed by atoms with Crippen LogP contribution in [-0.2, 0) is 4.79 Å². The lowest BCUT2D eigenvalue weighted by Gasteiger charge is -2.33. The molecule has 0 amide bonds. The third-order valence-electron chi connectivity index (χ3n) is 5.07. The molecule has 1 aliphatic heterocycles. The van der Waals surface area contributed by atoms with Crippen LogP contribution in [0.3, 0.4) is 0 Å². The second-order valence-electron chi connectivity index (χ2n) is 6.69. The van der Waals surface area contributed by atoms with Gasteiger partial charge in [0.25, 0.3) is 0 Å². The molecule has 138 valence electrons. The highest BCUT2D eigenvalue weighted by atomic mass is 127. The number of aliphatic carboxylic acids is 1. The number of nitrogens with one attached hydrogen (secondary N) is 1. The molecular weight excluding hydrogens is 453 g/mol. The maximum atomic E-state index is 11.8. The van der Waals surface area contributed by atoms with Crippen LogP contribution in [0.2, 0.25) is 0 Å². The maximum Gasteiger partial charge on any atom is 0.326 e. The number of benzene rings is 3. The molecule has 4 nitrogen and oxygen atoms in total. The summed E-state index contributed by atoms with van der Waals surface area (Å²) in [5, 5.41) is 15.1. The monoisotopic (exact) mass is 473 g/mol. The molecule has 0 spiro atoms. The molecule has 0 fully saturated rings. The lowest BCUT2D eigenvalue weighted by Crippen LogP contribution is -2.35. The van der Waals surface area contributed by atoms with E-state index < -0.39 is 12.0 Å². The second-order valence-corrected chi connectivity index (χ2v) is 7.93. The summed E-state index contributed by atoms with van der Waals surface area (Å²) in [6.45, 7) is 2.54. The Labute approximate surface area is 171 Å². The van der Waals surface area contributed by atoms with E-state index in [9.17, 15) is 9.90 Å². The van der Waals surface area contributed by atoms with E-state index in [1.54, 1.807) is 0 Å². The number of hydrogen-bond acceptors (Lipinski definition) is 3. The normalized spacial score (nSPS) is 18.6. The third kappa shape index (κ3) is 3.36. The van der Waals surface area contributed by atoms with Gasteiger partial charge in [-0.25, -0.2) is 4.79 Å². The van der Waals surface area contributed by atoms with E-state index in [4.69, 9.17) is 4.74 Å². The van der Waals surface area contributed by atoms with Crippen LogP contribution < -0.4 is 10.1 Å². The fourth-order valence-corrected chi connectivity index (χ4v) is 4.43. The smallest absolute Gasteiger partial charge is 0.326 e. The van der Waals surface area contributed by atoms with Gasteiger partial charge in [0.1, 0.15) is 11.8 Å². The summed E-state index contributed by atoms with van der Waals surface area (Å²) in [4.78, 5) is 11.8. The largest absolute Gasteiger partial charge is 0.494 e. The number of halogens is 1. The van der Waals surface area contributed by atoms with Gasteiger partial charge in [0.15, 0.2) is 0 Å². The van der Waals surface area contributed by atoms with Gasteiger partial charge >= 0.3 is 5.97 Å². The first-order valence-electron chi connectivity index (χ1n) is 9.01. The average molecular weight is 473 g/mol. The van der Waals surface area contributed by atoms with Crippen LogP contribution in [0.1, 0.15) is 30.4 Å². The summed E-state index contributed by atoms with van der Waals surface area (Å²) in [6, 6.07) is 17.8. The van der Waals surface area contributed by atoms with Crippen molar-refractivity contribution >= 4 is 45.0 Å². The molecule has 2 atom stereocenters. The van der Waals surface area contributed by atoms with Gasteiger partial charge in [-0.2, -0.15) is 0 Å². The number of ether oxygens (including phenoxy) is 1. The van der Waals surface area contributed by atoms with Crippen LogP contribution in [0, 0.1) is 3.57 Å². The van der Waals surface area contributed by atoms with Crippen molar-refractivity contribution in [2.45, 2.75) is 25.3 Å². The zero-order valence-corrected chi connectivity index (χ0v) is 17.1. The minimum Gasteiger partial charge on any atom is -0.494 e. The predicted molar refractivity (Wildman–Crippen MR) is 116 cm³/mol. The summed E-state index contributed by atoms with van der Waals surface area (Å²) in [7, 11) is 0. The zero-order valence-electron chi connectivity index (χ0n) is 14.9. The van der Waals surface area contributed by atoms with Gasteiger partial charge in [0.2, 0.25) is 0 Å². The van der Waals surface area contributed by atoms with Crippen molar-refractivity contribution in [3.63, 3.8) is 0 Å². The van der Waals surface area contributed by atoms with E-state index in [1.165, 1.54) is 0 Å². The van der Waals surface area contributed by atoms with Gasteiger partial charge in [-0.05, 0) is 76.5 Å². The quantitative estimate of drug-likeness (QED) is 0.509. The zero-order chi connectivity index (χ0) is 19.0. The SMILES string of the molecule is CCOc1ccc2ccccc2c1C1CC(C(=O)O)Nc2ccc(I)cc21. The molecule has 2 N–H and O–H groups in total. The minimum absolute atomic E-state index is 0.0512. The molecule has 0 bridgehead atoms. The Hall–Kier alpha value is -2.28. The van der Waals surface area contributed by atoms with Crippen molar-refractivity contribution in [2.75, 3.05) is 11.9 Å². The molecule has 0 saturated heterocycles. The van der Waals surface area contributed by atoms with Crippen LogP contribution in [0.25, 0.3) is 10.8 Å². The van der Waals surface area contributed by atoms with Crippen LogP contribution in [0.15, 0.2) is 54.6 Å². The third-order valence-corrected chi connectivity index (χ3v) is 5.74. The molecule has 3 aromatic rings. The van der Waals surface area contributed by atoms with E-state index >= 15 is 0 Å². The first kappa shape index (κ1) is 18.1. The summed E-state index contributed by atoms with van der Waals surface area (Å²) in [6.07, 6.45) is 0.483. The highest BCUT2D eigenvalue weighted by Crippen LogP contribution is 2.45. The van der Waals surface area contributed by atoms with Gasteiger partial charge in [0.05, 0.1) is 6.61 Å². The Morgan fingerprint density at radius 3 is 2.81 bits per heavy atom. The molecule has 4 rings (SSSR count). The number of rotatable bonds is 4. The topological polar surface area (TPSA) is 58.6 Å². The van der Waals surface area contributed by atoms with Crippen molar-refractivity contribution in [1.82, 2.24) is 0 Å². The van der Waals surface area contributed by atoms with E-state index in [0.29, 0.717) is 13.0 Å². The maximum absolute atomic E-state index is 11.8. The van der Waals surface area contributed by atoms with Gasteiger partial charge in [-0.3, -0.25) is 0 Å². The van der Waals surface area contributed by atoms with E-state index in [-0.39, 0.29) is 5.92 Å². The van der Waals surface area contributed by atoms with Gasteiger partial charge in [0, 0.05) is 20.7 Å². The molecule has 0 radical (unpaired) electrons. The second kappa shape index (κ2) is 7.38. The fraction of sp³-hybridized carbons (Fsp3) is 0.227. The summed E-state index contributed by atoms with van der Waals surface area (Å²) < 4.78 is 7.10. The van der Waals surface area contributed by atoms with E-state index in [1.807, 2.05) is 37.3 Å². The highest BCUT2D eigenvalue weighted by molar-refractivity contribution is 14.1. The van der Waals surface area contributed by atoms with Crippen molar-refractivity contribution in [1.29, 1.82) is 0 Å². The first-order valence-corrected chi connectivity index (χ1v) is 10.1. The van der Waals surface area contributed by atoms with Gasteiger partial charge in [-0.15, -0.1) is 0 Å². The predicted octanol–water partition coefficient (Wildman–Crippen LogP) is 5.24. The summed E-state index contributed by atoms with van der Waals surface area (Å²) in [5.41, 5.74) is 3.08. The van der Waals surface area contributed by atoms with Gasteiger partial charge in [-0.1, -0.05) is 30.3 Å². The Morgan fingerprint density at radius 2 is 2.04 bits per heavy atom. The van der Waals surface area contributed by atoms with E-state index in [2.05, 4.69) is 52.2 Å². The van der Waals surface area contributed by atoms with Crippen LogP contribution in [0.5, 0.6) is 5.75 Å². The molecule has 0 saturated carbocycles. The highest BCUT2D eigenvalue weighted by Gasteiger charge is 2.34. The molecule has 3 aromatic carbocycles. The molecule has 0 aliphatic carbocycles. The fourth-order valence-electron chi connectivity index (χ4n) is 3.91. The van der Waals surface area contributed by atoms with E-state index in [0.717, 1.165) is 36.9 Å². The van der Waals surface area contributed by atoms with Gasteiger partial charge < -0.3 is 15.2 Å². The molecule has 1 aliphatic rings. The average Bonchev–Trinajstić information content (AvgIpc) is 2.67. The lowest BCUT2D eigenvalue weighted by molar-refractivity contribution is -0.138. The number of fused-ring (bicyclic) bond motifs is 2. The Kier molecular flexibility index (Phi) is 4.95. The molecule has 0 aromatic heterocycles. The van der Waals surface area contributed by atoms with Crippen LogP contribution >= 0.6 is 22.6 Å². The van der Waals surface area contributed by atoms with Crippen molar-refractivity contribution < 1.29 is 14.6 Å². The first-order chi connectivity index (χ1) is 13.1. The summed E-state index contributed by atoms with van der Waals surface area (Å²) >= 11 is 2.30. The standard InChI is InChI=1S/C22H20INO3/c1-2-27-20-10-7-13-5-3-4-6-15(13)21(20)17-12-19(22(25)26)24-18-9-8-14(23)11-16(17)18/h3-11,17,19,24H,2,12H2,1H3,(H,25,26). The minimum atomic E-state index is -0.831. The van der Waals surface area contributed by atoms with Crippen LogP contribution in [0.4, 0.5) is 5.69 Å². The molecule has 1 heterocycles. The number of carboxylic acids is 1. The molecule has 5 heteroatoms. The Bertz CT molecular complexity index is 1020. The number of anilines is 1. The van der Waals surface area contributed by atoms with Crippen molar-refractivity contribution in [3.8, 4) is 5.75 Å². The lowest BCUT2D eigenvalue weighted by atomic mass is 9.79. The molecular formula is C22H20INO3. The molecule has 2 unspecified atom stereocenters. The van der Waals surface area contributed by atoms with Crippen LogP contribution in [-0.4, -0.2) is 23.7 Å².